The van der Waals surface area contributed by atoms with Crippen molar-refractivity contribution in [2.24, 2.45) is 12.0 Å². The number of aliphatic imine (C=N–C) groups is 1. The van der Waals surface area contributed by atoms with Gasteiger partial charge in [-0.2, -0.15) is 0 Å². The normalized spacial score (nSPS) is 11.8. The van der Waals surface area contributed by atoms with E-state index < -0.39 is 0 Å². The zero-order valence-electron chi connectivity index (χ0n) is 14.7. The van der Waals surface area contributed by atoms with Gasteiger partial charge in [0.05, 0.1) is 11.6 Å². The van der Waals surface area contributed by atoms with Gasteiger partial charge in [-0.15, -0.1) is 21.5 Å². The van der Waals surface area contributed by atoms with E-state index in [1.807, 2.05) is 24.7 Å². The Morgan fingerprint density at radius 3 is 2.71 bits per heavy atom. The van der Waals surface area contributed by atoms with Crippen molar-refractivity contribution < 1.29 is 4.74 Å². The summed E-state index contributed by atoms with van der Waals surface area (Å²) in [5.41, 5.74) is 0. The molecule has 0 fully saturated rings. The number of thiazole rings is 1. The van der Waals surface area contributed by atoms with Crippen LogP contribution in [0.25, 0.3) is 0 Å². The molecule has 2 N–H and O–H groups in total. The summed E-state index contributed by atoms with van der Waals surface area (Å²) in [6.45, 7) is 6.54. The second-order valence-corrected chi connectivity index (χ2v) is 6.67. The van der Waals surface area contributed by atoms with E-state index in [2.05, 4.69) is 37.7 Å². The minimum Gasteiger partial charge on any atom is -0.383 e. The lowest BCUT2D eigenvalue weighted by Crippen LogP contribution is -2.40. The van der Waals surface area contributed by atoms with Crippen LogP contribution < -0.4 is 10.6 Å². The minimum atomic E-state index is 0.468. The molecule has 0 aliphatic heterocycles. The van der Waals surface area contributed by atoms with E-state index >= 15 is 0 Å². The minimum absolute atomic E-state index is 0.468. The Kier molecular flexibility index (Phi) is 7.13. The van der Waals surface area contributed by atoms with Crippen LogP contribution in [0.1, 0.15) is 21.5 Å². The van der Waals surface area contributed by atoms with E-state index in [-0.39, 0.29) is 0 Å². The fourth-order valence-corrected chi connectivity index (χ4v) is 2.78. The number of rotatable bonds is 8. The fraction of sp³-hybridized carbons (Fsp3) is 0.600. The third-order valence-electron chi connectivity index (χ3n) is 3.46. The Morgan fingerprint density at radius 2 is 2.08 bits per heavy atom. The summed E-state index contributed by atoms with van der Waals surface area (Å²) in [6.07, 6.45) is 2.77. The number of nitrogens with one attached hydrogen (secondary N) is 2. The molecule has 0 saturated heterocycles. The Labute approximate surface area is 146 Å². The maximum atomic E-state index is 5.07. The largest absolute Gasteiger partial charge is 0.383 e. The molecule has 2 aromatic rings. The molecule has 0 aromatic carbocycles. The third-order valence-corrected chi connectivity index (χ3v) is 4.43. The van der Waals surface area contributed by atoms with Crippen molar-refractivity contribution in [3.63, 3.8) is 0 Å². The predicted molar refractivity (Wildman–Crippen MR) is 95.3 cm³/mol. The number of hydrogen-bond donors (Lipinski definition) is 2. The van der Waals surface area contributed by atoms with Crippen LogP contribution in [0.5, 0.6) is 0 Å². The first-order valence-electron chi connectivity index (χ1n) is 7.87. The number of guanidine groups is 1. The summed E-state index contributed by atoms with van der Waals surface area (Å²) in [5, 5.41) is 15.9. The lowest BCUT2D eigenvalue weighted by atomic mass is 10.4. The molecule has 132 valence electrons. The maximum absolute atomic E-state index is 5.07. The molecule has 24 heavy (non-hydrogen) atoms. The molecule has 0 aliphatic carbocycles. The average Bonchev–Trinajstić information content (AvgIpc) is 3.12. The molecule has 0 saturated carbocycles. The number of methoxy groups -OCH3 is 1. The van der Waals surface area contributed by atoms with E-state index in [1.165, 1.54) is 4.88 Å². The highest BCUT2D eigenvalue weighted by atomic mass is 32.1. The molecule has 2 heterocycles. The first-order valence-corrected chi connectivity index (χ1v) is 8.69. The van der Waals surface area contributed by atoms with Crippen LogP contribution in [0, 0.1) is 13.8 Å². The second kappa shape index (κ2) is 9.33. The summed E-state index contributed by atoms with van der Waals surface area (Å²) in [5.74, 6) is 2.44. The van der Waals surface area contributed by atoms with Crippen LogP contribution in [0.4, 0.5) is 0 Å². The van der Waals surface area contributed by atoms with Crippen molar-refractivity contribution in [1.82, 2.24) is 30.4 Å². The zero-order valence-corrected chi connectivity index (χ0v) is 15.5. The van der Waals surface area contributed by atoms with Crippen molar-refractivity contribution in [2.45, 2.75) is 26.8 Å². The van der Waals surface area contributed by atoms with Gasteiger partial charge in [-0.3, -0.25) is 0 Å². The molecular weight excluding hydrogens is 326 g/mol. The van der Waals surface area contributed by atoms with Crippen LogP contribution in [-0.2, 0) is 24.8 Å². The standard InChI is InChI=1S/C15H25N7OS/c1-11-9-18-14(24-11)5-6-16-15(17-7-8-23-4)19-10-13-21-20-12(2)22(13)3/h9H,5-8,10H2,1-4H3,(H2,16,17,19). The highest BCUT2D eigenvalue weighted by Gasteiger charge is 2.05. The predicted octanol–water partition coefficient (Wildman–Crippen LogP) is 0.813. The van der Waals surface area contributed by atoms with Crippen molar-refractivity contribution in [2.75, 3.05) is 26.8 Å². The van der Waals surface area contributed by atoms with E-state index in [1.54, 1.807) is 18.4 Å². The van der Waals surface area contributed by atoms with Crippen LogP contribution in [0.3, 0.4) is 0 Å². The number of hydrogen-bond acceptors (Lipinski definition) is 6. The summed E-state index contributed by atoms with van der Waals surface area (Å²) in [4.78, 5) is 10.2. The zero-order chi connectivity index (χ0) is 17.4. The quantitative estimate of drug-likeness (QED) is 0.416. The first kappa shape index (κ1) is 18.3. The SMILES string of the molecule is COCCNC(=NCc1nnc(C)n1C)NCCc1ncc(C)s1. The number of ether oxygens (including phenoxy) is 1. The topological polar surface area (TPSA) is 89.2 Å². The molecule has 0 bridgehead atoms. The molecule has 0 unspecified atom stereocenters. The van der Waals surface area contributed by atoms with Gasteiger partial charge < -0.3 is 19.9 Å². The molecule has 8 nitrogen and oxygen atoms in total. The van der Waals surface area contributed by atoms with Gasteiger partial charge in [-0.05, 0) is 13.8 Å². The molecule has 0 spiro atoms. The molecule has 2 aromatic heterocycles. The molecule has 9 heteroatoms. The summed E-state index contributed by atoms with van der Waals surface area (Å²) in [6, 6.07) is 0. The summed E-state index contributed by atoms with van der Waals surface area (Å²) >= 11 is 1.72. The molecule has 0 atom stereocenters. The highest BCUT2D eigenvalue weighted by molar-refractivity contribution is 7.11. The number of aryl methyl sites for hydroxylation is 2. The van der Waals surface area contributed by atoms with Gasteiger partial charge in [-0.25, -0.2) is 9.98 Å². The van der Waals surface area contributed by atoms with Crippen LogP contribution in [0.2, 0.25) is 0 Å². The number of aromatic nitrogens is 4. The van der Waals surface area contributed by atoms with Crippen LogP contribution >= 0.6 is 11.3 Å². The van der Waals surface area contributed by atoms with E-state index in [4.69, 9.17) is 4.74 Å². The van der Waals surface area contributed by atoms with Crippen molar-refractivity contribution in [1.29, 1.82) is 0 Å². The smallest absolute Gasteiger partial charge is 0.191 e. The maximum Gasteiger partial charge on any atom is 0.191 e. The summed E-state index contributed by atoms with van der Waals surface area (Å²) in [7, 11) is 3.62. The van der Waals surface area contributed by atoms with Gasteiger partial charge >= 0.3 is 0 Å². The Bertz CT molecular complexity index is 665. The Balaban J connectivity index is 1.90. The van der Waals surface area contributed by atoms with Gasteiger partial charge in [0, 0.05) is 44.7 Å². The average molecular weight is 351 g/mol. The van der Waals surface area contributed by atoms with Gasteiger partial charge in [0.25, 0.3) is 0 Å². The van der Waals surface area contributed by atoms with Gasteiger partial charge in [-0.1, -0.05) is 0 Å². The number of nitrogens with zero attached hydrogens (tertiary/aromatic N) is 5. The Morgan fingerprint density at radius 1 is 1.29 bits per heavy atom. The highest BCUT2D eigenvalue weighted by Crippen LogP contribution is 2.10. The summed E-state index contributed by atoms with van der Waals surface area (Å²) < 4.78 is 7.01. The molecule has 0 radical (unpaired) electrons. The van der Waals surface area contributed by atoms with E-state index in [0.717, 1.165) is 35.6 Å². The fourth-order valence-electron chi connectivity index (χ4n) is 1.99. The molecule has 0 amide bonds. The van der Waals surface area contributed by atoms with Crippen molar-refractivity contribution >= 4 is 17.3 Å². The molecule has 0 aliphatic rings. The molecule has 2 rings (SSSR count). The Hall–Kier alpha value is -2.00. The van der Waals surface area contributed by atoms with Gasteiger partial charge in [0.15, 0.2) is 11.8 Å². The third kappa shape index (κ3) is 5.57. The monoisotopic (exact) mass is 351 g/mol. The van der Waals surface area contributed by atoms with Crippen LogP contribution in [0.15, 0.2) is 11.2 Å². The molecular formula is C15H25N7OS. The lowest BCUT2D eigenvalue weighted by molar-refractivity contribution is 0.203. The second-order valence-electron chi connectivity index (χ2n) is 5.35. The van der Waals surface area contributed by atoms with Crippen molar-refractivity contribution in [3.8, 4) is 0 Å². The van der Waals surface area contributed by atoms with E-state index in [9.17, 15) is 0 Å². The van der Waals surface area contributed by atoms with E-state index in [0.29, 0.717) is 19.7 Å². The first-order chi connectivity index (χ1) is 11.6. The lowest BCUT2D eigenvalue weighted by Gasteiger charge is -2.11. The van der Waals surface area contributed by atoms with Gasteiger partial charge in [0.1, 0.15) is 12.4 Å². The van der Waals surface area contributed by atoms with Crippen LogP contribution in [-0.4, -0.2) is 52.5 Å². The van der Waals surface area contributed by atoms with Gasteiger partial charge in [0.2, 0.25) is 0 Å². The van der Waals surface area contributed by atoms with Crippen molar-refractivity contribution in [3.05, 3.63) is 27.7 Å².